The molecule has 8 heteroatoms. The molecule has 0 aliphatic carbocycles. The monoisotopic (exact) mass is 293 g/mol. The highest BCUT2D eigenvalue weighted by Crippen LogP contribution is 2.22. The van der Waals surface area contributed by atoms with Gasteiger partial charge < -0.3 is 30.1 Å². The van der Waals surface area contributed by atoms with Gasteiger partial charge >= 0.3 is 0 Å². The number of aliphatic hydroxyl groups excluding tert-OH is 3. The van der Waals surface area contributed by atoms with Crippen LogP contribution in [0.4, 0.5) is 0 Å². The number of aliphatic hydroxyl groups is 3. The summed E-state index contributed by atoms with van der Waals surface area (Å²) in [4.78, 5) is 11.1. The molecule has 1 rings (SSSR count). The molecule has 1 amide bonds. The molecule has 5 atom stereocenters. The second-order valence-electron chi connectivity index (χ2n) is 4.26. The van der Waals surface area contributed by atoms with E-state index in [0.29, 0.717) is 6.42 Å². The van der Waals surface area contributed by atoms with Crippen molar-refractivity contribution in [1.82, 2.24) is 5.32 Å². The Balaban J connectivity index is 2.74. The number of nitrogens with one attached hydrogen (secondary N) is 1. The zero-order valence-corrected chi connectivity index (χ0v) is 11.4. The molecule has 110 valence electrons. The molecule has 1 aliphatic heterocycles. The highest BCUT2D eigenvalue weighted by Gasteiger charge is 2.45. The minimum absolute atomic E-state index is 0.255. The van der Waals surface area contributed by atoms with E-state index in [1.54, 1.807) is 0 Å². The molecule has 0 unspecified atom stereocenters. The lowest BCUT2D eigenvalue weighted by molar-refractivity contribution is -0.269. The number of thiocarbonyl (C=S) groups is 1. The van der Waals surface area contributed by atoms with Crippen molar-refractivity contribution in [2.45, 2.75) is 44.0 Å². The summed E-state index contributed by atoms with van der Waals surface area (Å²) in [6, 6.07) is -0.902. The fourth-order valence-corrected chi connectivity index (χ4v) is 1.94. The first-order valence-electron chi connectivity index (χ1n) is 5.96. The van der Waals surface area contributed by atoms with Crippen LogP contribution in [0.15, 0.2) is 0 Å². The number of carbonyl (C=O) groups excluding carboxylic acids is 1. The summed E-state index contributed by atoms with van der Waals surface area (Å²) in [7, 11) is 0. The van der Waals surface area contributed by atoms with Crippen molar-refractivity contribution >= 4 is 23.5 Å². The predicted octanol–water partition coefficient (Wildman–Crippen LogP) is -1.66. The second-order valence-corrected chi connectivity index (χ2v) is 4.59. The highest BCUT2D eigenvalue weighted by molar-refractivity contribution is 7.78. The minimum atomic E-state index is -1.30. The number of carbonyl (C=O) groups is 1. The number of amides is 1. The summed E-state index contributed by atoms with van der Waals surface area (Å²) >= 11 is 4.66. The van der Waals surface area contributed by atoms with Crippen molar-refractivity contribution in [3.63, 3.8) is 0 Å². The molecule has 4 N–H and O–H groups in total. The Bertz CT molecular complexity index is 316. The van der Waals surface area contributed by atoms with E-state index >= 15 is 0 Å². The van der Waals surface area contributed by atoms with Gasteiger partial charge in [-0.25, -0.2) is 0 Å². The summed E-state index contributed by atoms with van der Waals surface area (Å²) in [5.41, 5.74) is 0. The number of rotatable bonds is 6. The first kappa shape index (κ1) is 16.4. The fraction of sp³-hybridized carbons (Fsp3) is 0.818. The Morgan fingerprint density at radius 1 is 1.47 bits per heavy atom. The molecule has 0 spiro atoms. The maximum atomic E-state index is 11.1. The lowest BCUT2D eigenvalue weighted by Gasteiger charge is -2.42. The fourth-order valence-electron chi connectivity index (χ4n) is 1.85. The van der Waals surface area contributed by atoms with Gasteiger partial charge in [-0.1, -0.05) is 12.2 Å². The molecule has 0 aromatic rings. The summed E-state index contributed by atoms with van der Waals surface area (Å²) in [5.74, 6) is -0.384. The van der Waals surface area contributed by atoms with Crippen LogP contribution in [-0.4, -0.2) is 70.5 Å². The van der Waals surface area contributed by atoms with E-state index in [9.17, 15) is 15.0 Å². The third-order valence-electron chi connectivity index (χ3n) is 2.77. The zero-order valence-electron chi connectivity index (χ0n) is 10.6. The summed E-state index contributed by atoms with van der Waals surface area (Å²) in [6.45, 7) is 1.08. The van der Waals surface area contributed by atoms with E-state index in [2.05, 4.69) is 17.5 Å². The maximum absolute atomic E-state index is 11.1. The van der Waals surface area contributed by atoms with Gasteiger partial charge in [0.05, 0.1) is 13.2 Å². The summed E-state index contributed by atoms with van der Waals surface area (Å²) in [6.07, 6.45) is -3.99. The van der Waals surface area contributed by atoms with Gasteiger partial charge in [0.1, 0.15) is 24.4 Å². The van der Waals surface area contributed by atoms with Crippen LogP contribution in [0, 0.1) is 0 Å². The third-order valence-corrected chi connectivity index (χ3v) is 3.00. The summed E-state index contributed by atoms with van der Waals surface area (Å²) < 4.78 is 10.7. The smallest absolute Gasteiger partial charge is 0.217 e. The predicted molar refractivity (Wildman–Crippen MR) is 69.6 cm³/mol. The third kappa shape index (κ3) is 4.44. The van der Waals surface area contributed by atoms with E-state index in [0.717, 1.165) is 0 Å². The van der Waals surface area contributed by atoms with E-state index in [1.165, 1.54) is 12.3 Å². The Hall–Kier alpha value is -0.640. The topological polar surface area (TPSA) is 108 Å². The van der Waals surface area contributed by atoms with Crippen molar-refractivity contribution in [3.8, 4) is 0 Å². The van der Waals surface area contributed by atoms with Crippen LogP contribution < -0.4 is 5.32 Å². The van der Waals surface area contributed by atoms with Crippen molar-refractivity contribution in [2.24, 2.45) is 0 Å². The van der Waals surface area contributed by atoms with Crippen LogP contribution in [0.2, 0.25) is 0 Å². The van der Waals surface area contributed by atoms with Crippen LogP contribution in [0.5, 0.6) is 0 Å². The van der Waals surface area contributed by atoms with Crippen LogP contribution >= 0.6 is 12.2 Å². The van der Waals surface area contributed by atoms with E-state index in [1.807, 2.05) is 0 Å². The van der Waals surface area contributed by atoms with Crippen molar-refractivity contribution in [2.75, 3.05) is 13.2 Å². The zero-order chi connectivity index (χ0) is 14.4. The van der Waals surface area contributed by atoms with Crippen LogP contribution in [0.1, 0.15) is 13.3 Å². The van der Waals surface area contributed by atoms with Crippen LogP contribution in [0.3, 0.4) is 0 Å². The van der Waals surface area contributed by atoms with Crippen LogP contribution in [-0.2, 0) is 14.3 Å². The molecule has 1 aliphatic rings. The standard InChI is InChI=1S/C11H19NO6S/c1-6(14)12-8-10(16)9(15)7(5-13)18-11(8)17-3-2-4-19/h4,7-11,13,15-16H,2-3,5H2,1H3,(H,12,14)/t7-,8-,9-,10-,11-/m1/s1. The average molecular weight is 293 g/mol. The molecule has 1 fully saturated rings. The van der Waals surface area contributed by atoms with Crippen molar-refractivity contribution in [3.05, 3.63) is 0 Å². The molecule has 0 saturated carbocycles. The second kappa shape index (κ2) is 7.83. The largest absolute Gasteiger partial charge is 0.394 e. The number of hydrogen-bond acceptors (Lipinski definition) is 7. The van der Waals surface area contributed by atoms with Gasteiger partial charge in [0, 0.05) is 6.92 Å². The van der Waals surface area contributed by atoms with Crippen molar-refractivity contribution < 1.29 is 29.6 Å². The van der Waals surface area contributed by atoms with Gasteiger partial charge in [0.25, 0.3) is 0 Å². The number of ether oxygens (including phenoxy) is 2. The van der Waals surface area contributed by atoms with E-state index in [-0.39, 0.29) is 12.5 Å². The molecule has 0 aromatic carbocycles. The molecule has 7 nitrogen and oxygen atoms in total. The SMILES string of the molecule is CC(=O)N[C@H]1[C@H](OCCC=S)O[C@H](CO)[C@@H](O)[C@@H]1O. The molecule has 19 heavy (non-hydrogen) atoms. The first-order valence-corrected chi connectivity index (χ1v) is 6.43. The first-order chi connectivity index (χ1) is 9.01. The minimum Gasteiger partial charge on any atom is -0.394 e. The molecular weight excluding hydrogens is 274 g/mol. The van der Waals surface area contributed by atoms with Gasteiger partial charge in [-0.2, -0.15) is 0 Å². The van der Waals surface area contributed by atoms with E-state index in [4.69, 9.17) is 14.6 Å². The Kier molecular flexibility index (Phi) is 6.76. The number of hydrogen-bond donors (Lipinski definition) is 4. The molecule has 0 radical (unpaired) electrons. The van der Waals surface area contributed by atoms with Gasteiger partial charge in [-0.05, 0) is 11.8 Å². The van der Waals surface area contributed by atoms with Crippen molar-refractivity contribution in [1.29, 1.82) is 0 Å². The molecule has 0 aromatic heterocycles. The quantitative estimate of drug-likeness (QED) is 0.343. The van der Waals surface area contributed by atoms with Gasteiger partial charge in [-0.15, -0.1) is 0 Å². The molecular formula is C11H19NO6S. The Morgan fingerprint density at radius 3 is 2.68 bits per heavy atom. The molecule has 1 heterocycles. The van der Waals surface area contributed by atoms with Gasteiger partial charge in [0.2, 0.25) is 5.91 Å². The molecule has 0 bridgehead atoms. The summed E-state index contributed by atoms with van der Waals surface area (Å²) in [5, 5.41) is 32.7. The van der Waals surface area contributed by atoms with Crippen LogP contribution in [0.25, 0.3) is 0 Å². The average Bonchev–Trinajstić information content (AvgIpc) is 2.37. The Labute approximate surface area is 116 Å². The highest BCUT2D eigenvalue weighted by atomic mass is 32.1. The molecule has 1 saturated heterocycles. The van der Waals surface area contributed by atoms with Gasteiger partial charge in [-0.3, -0.25) is 4.79 Å². The maximum Gasteiger partial charge on any atom is 0.217 e. The normalized spacial score (nSPS) is 34.8. The lowest BCUT2D eigenvalue weighted by Crippen LogP contribution is -2.64. The lowest BCUT2D eigenvalue weighted by atomic mass is 9.97. The van der Waals surface area contributed by atoms with E-state index < -0.39 is 37.3 Å². The van der Waals surface area contributed by atoms with Gasteiger partial charge in [0.15, 0.2) is 6.29 Å². The Morgan fingerprint density at radius 2 is 2.16 bits per heavy atom.